The average molecular weight is 379 g/mol. The first-order chi connectivity index (χ1) is 9.48. The molecule has 0 unspecified atom stereocenters. The molecule has 0 fully saturated rings. The summed E-state index contributed by atoms with van der Waals surface area (Å²) < 4.78 is 28.8. The maximum Gasteiger partial charge on any atom is 0.251 e. The van der Waals surface area contributed by atoms with Crippen LogP contribution in [0.25, 0.3) is 0 Å². The highest BCUT2D eigenvalue weighted by Gasteiger charge is 2.21. The molecule has 6 nitrogen and oxygen atoms in total. The second-order valence-electron chi connectivity index (χ2n) is 5.27. The predicted octanol–water partition coefficient (Wildman–Crippen LogP) is 1.56. The van der Waals surface area contributed by atoms with Crippen LogP contribution in [-0.4, -0.2) is 33.6 Å². The van der Waals surface area contributed by atoms with Crippen molar-refractivity contribution in [3.05, 3.63) is 27.7 Å². The van der Waals surface area contributed by atoms with Crippen LogP contribution in [0.2, 0.25) is 0 Å². The smallest absolute Gasteiger partial charge is 0.251 e. The molecule has 8 heteroatoms. The number of halogens is 1. The molecule has 1 aromatic carbocycles. The maximum atomic E-state index is 12.1. The third-order valence-electron chi connectivity index (χ3n) is 3.09. The van der Waals surface area contributed by atoms with E-state index in [2.05, 4.69) is 21.2 Å². The van der Waals surface area contributed by atoms with E-state index < -0.39 is 21.5 Å². The Labute approximate surface area is 133 Å². The Balaban J connectivity index is 3.10. The lowest BCUT2D eigenvalue weighted by molar-refractivity contribution is 0.0228. The van der Waals surface area contributed by atoms with Crippen molar-refractivity contribution in [3.63, 3.8) is 0 Å². The third kappa shape index (κ3) is 4.77. The minimum Gasteiger partial charge on any atom is -0.377 e. The molecule has 1 aromatic rings. The zero-order valence-corrected chi connectivity index (χ0v) is 14.8. The van der Waals surface area contributed by atoms with Crippen molar-refractivity contribution in [2.45, 2.75) is 31.3 Å². The average Bonchev–Trinajstić information content (AvgIpc) is 2.37. The number of hydrogen-bond donors (Lipinski definition) is 2. The van der Waals surface area contributed by atoms with Crippen molar-refractivity contribution >= 4 is 31.9 Å². The van der Waals surface area contributed by atoms with Crippen LogP contribution < -0.4 is 10.5 Å². The zero-order chi connectivity index (χ0) is 16.4. The molecule has 0 atom stereocenters. The molecular weight excluding hydrogens is 360 g/mol. The molecule has 0 aliphatic carbocycles. The van der Waals surface area contributed by atoms with E-state index >= 15 is 0 Å². The Morgan fingerprint density at radius 1 is 1.43 bits per heavy atom. The molecule has 3 N–H and O–H groups in total. The first-order valence-electron chi connectivity index (χ1n) is 6.14. The van der Waals surface area contributed by atoms with E-state index in [1.807, 2.05) is 13.8 Å². The van der Waals surface area contributed by atoms with Gasteiger partial charge in [-0.3, -0.25) is 4.79 Å². The summed E-state index contributed by atoms with van der Waals surface area (Å²) in [6, 6.07) is 2.82. The van der Waals surface area contributed by atoms with Gasteiger partial charge >= 0.3 is 0 Å². The van der Waals surface area contributed by atoms with Gasteiger partial charge in [-0.15, -0.1) is 0 Å². The van der Waals surface area contributed by atoms with E-state index in [0.717, 1.165) is 0 Å². The predicted molar refractivity (Wildman–Crippen MR) is 83.7 cm³/mol. The van der Waals surface area contributed by atoms with Crippen molar-refractivity contribution in [2.75, 3.05) is 13.7 Å². The van der Waals surface area contributed by atoms with Crippen LogP contribution in [0.15, 0.2) is 21.5 Å². The number of ether oxygens (including phenoxy) is 1. The molecular formula is C13H19BrN2O4S. The largest absolute Gasteiger partial charge is 0.377 e. The maximum absolute atomic E-state index is 12.1. The molecule has 0 spiro atoms. The van der Waals surface area contributed by atoms with Crippen molar-refractivity contribution in [2.24, 2.45) is 5.14 Å². The van der Waals surface area contributed by atoms with Crippen LogP contribution in [-0.2, 0) is 14.8 Å². The molecule has 0 saturated heterocycles. The Bertz CT molecular complexity index is 656. The van der Waals surface area contributed by atoms with Gasteiger partial charge in [-0.1, -0.05) is 15.9 Å². The lowest BCUT2D eigenvalue weighted by atomic mass is 10.1. The Kier molecular flexibility index (Phi) is 5.54. The number of nitrogens with one attached hydrogen (secondary N) is 1. The fourth-order valence-corrected chi connectivity index (χ4v) is 2.97. The van der Waals surface area contributed by atoms with Crippen LogP contribution in [0.5, 0.6) is 0 Å². The van der Waals surface area contributed by atoms with E-state index in [9.17, 15) is 13.2 Å². The van der Waals surface area contributed by atoms with Crippen LogP contribution in [0.1, 0.15) is 29.8 Å². The molecule has 0 aromatic heterocycles. The molecule has 0 aliphatic rings. The van der Waals surface area contributed by atoms with Crippen molar-refractivity contribution in [1.29, 1.82) is 0 Å². The normalized spacial score (nSPS) is 12.3. The lowest BCUT2D eigenvalue weighted by Crippen LogP contribution is -2.39. The topological polar surface area (TPSA) is 98.5 Å². The summed E-state index contributed by atoms with van der Waals surface area (Å²) in [5.74, 6) is -0.397. The first-order valence-corrected chi connectivity index (χ1v) is 8.48. The number of carbonyl (C=O) groups excluding carboxylic acids is 1. The summed E-state index contributed by atoms with van der Waals surface area (Å²) in [5.41, 5.74) is 0.162. The molecule has 21 heavy (non-hydrogen) atoms. The van der Waals surface area contributed by atoms with Gasteiger partial charge < -0.3 is 10.1 Å². The van der Waals surface area contributed by atoms with Gasteiger partial charge in [0.15, 0.2) is 0 Å². The number of rotatable bonds is 5. The minimum absolute atomic E-state index is 0.0759. The van der Waals surface area contributed by atoms with E-state index in [-0.39, 0.29) is 10.5 Å². The summed E-state index contributed by atoms with van der Waals surface area (Å²) in [5, 5.41) is 7.86. The van der Waals surface area contributed by atoms with E-state index in [4.69, 9.17) is 9.88 Å². The zero-order valence-electron chi connectivity index (χ0n) is 12.4. The number of benzene rings is 1. The highest BCUT2D eigenvalue weighted by molar-refractivity contribution is 9.10. The van der Waals surface area contributed by atoms with Crippen molar-refractivity contribution in [3.8, 4) is 0 Å². The lowest BCUT2D eigenvalue weighted by Gasteiger charge is -2.23. The summed E-state index contributed by atoms with van der Waals surface area (Å²) in [6.07, 6.45) is 0. The van der Waals surface area contributed by atoms with Gasteiger partial charge in [0.05, 0.1) is 10.5 Å². The molecule has 0 radical (unpaired) electrons. The Morgan fingerprint density at radius 2 is 2.00 bits per heavy atom. The number of amides is 1. The number of methoxy groups -OCH3 is 1. The van der Waals surface area contributed by atoms with E-state index in [0.29, 0.717) is 16.6 Å². The fraction of sp³-hybridized carbons (Fsp3) is 0.462. The van der Waals surface area contributed by atoms with Crippen LogP contribution >= 0.6 is 15.9 Å². The summed E-state index contributed by atoms with van der Waals surface area (Å²) in [4.78, 5) is 12.1. The van der Waals surface area contributed by atoms with E-state index in [1.165, 1.54) is 6.07 Å². The third-order valence-corrected chi connectivity index (χ3v) is 4.95. The standard InChI is InChI=1S/C13H19BrN2O4S/c1-8-10(14)5-9(6-11(8)21(15,18)19)12(17)16-7-13(2,3)20-4/h5-6H,7H2,1-4H3,(H,16,17)(H2,15,18,19). The molecule has 118 valence electrons. The summed E-state index contributed by atoms with van der Waals surface area (Å²) in [7, 11) is -2.35. The van der Waals surface area contributed by atoms with Crippen LogP contribution in [0.3, 0.4) is 0 Å². The summed E-state index contributed by atoms with van der Waals surface area (Å²) in [6.45, 7) is 5.56. The van der Waals surface area contributed by atoms with Crippen molar-refractivity contribution < 1.29 is 17.9 Å². The molecule has 1 rings (SSSR count). The molecule has 0 saturated carbocycles. The monoisotopic (exact) mass is 378 g/mol. The van der Waals surface area contributed by atoms with Gasteiger partial charge in [-0.05, 0) is 38.5 Å². The minimum atomic E-state index is -3.89. The van der Waals surface area contributed by atoms with Crippen LogP contribution in [0.4, 0.5) is 0 Å². The molecule has 0 heterocycles. The van der Waals surface area contributed by atoms with Gasteiger partial charge in [-0.25, -0.2) is 13.6 Å². The second-order valence-corrected chi connectivity index (χ2v) is 7.66. The van der Waals surface area contributed by atoms with Gasteiger partial charge in [0, 0.05) is 23.7 Å². The Morgan fingerprint density at radius 3 is 2.48 bits per heavy atom. The fourth-order valence-electron chi connectivity index (χ4n) is 1.55. The molecule has 0 aliphatic heterocycles. The quantitative estimate of drug-likeness (QED) is 0.811. The number of nitrogens with two attached hydrogens (primary N) is 1. The van der Waals surface area contributed by atoms with Crippen molar-refractivity contribution in [1.82, 2.24) is 5.32 Å². The summed E-state index contributed by atoms with van der Waals surface area (Å²) >= 11 is 3.24. The number of sulfonamides is 1. The van der Waals surface area contributed by atoms with Gasteiger partial charge in [-0.2, -0.15) is 0 Å². The molecule has 0 bridgehead atoms. The van der Waals surface area contributed by atoms with Gasteiger partial charge in [0.25, 0.3) is 5.91 Å². The number of primary sulfonamides is 1. The highest BCUT2D eigenvalue weighted by Crippen LogP contribution is 2.25. The van der Waals surface area contributed by atoms with E-state index in [1.54, 1.807) is 20.1 Å². The molecule has 1 amide bonds. The van der Waals surface area contributed by atoms with Gasteiger partial charge in [0.2, 0.25) is 10.0 Å². The van der Waals surface area contributed by atoms with Crippen LogP contribution in [0, 0.1) is 6.92 Å². The number of hydrogen-bond acceptors (Lipinski definition) is 4. The first kappa shape index (κ1) is 18.1. The Hall–Kier alpha value is -0.960. The highest BCUT2D eigenvalue weighted by atomic mass is 79.9. The number of carbonyl (C=O) groups is 1. The second kappa shape index (κ2) is 6.43. The van der Waals surface area contributed by atoms with Gasteiger partial charge in [0.1, 0.15) is 0 Å². The SMILES string of the molecule is COC(C)(C)CNC(=O)c1cc(Br)c(C)c(S(N)(=O)=O)c1.